The minimum atomic E-state index is 0.320. The first-order chi connectivity index (χ1) is 6.63. The first-order valence-corrected chi connectivity index (χ1v) is 4.82. The molecule has 1 aromatic rings. The standard InChI is InChI=1S/C11H12N2S/c1-8(6-11(13)14)10-4-2-9(7-12)3-5-10/h2-5,8H,6H2,1H3,(H2,13,14). The summed E-state index contributed by atoms with van der Waals surface area (Å²) < 4.78 is 0. The van der Waals surface area contributed by atoms with Gasteiger partial charge in [-0.1, -0.05) is 31.3 Å². The van der Waals surface area contributed by atoms with Gasteiger partial charge in [0.15, 0.2) is 0 Å². The lowest BCUT2D eigenvalue weighted by Crippen LogP contribution is -2.11. The van der Waals surface area contributed by atoms with Crippen LogP contribution in [0.3, 0.4) is 0 Å². The molecule has 14 heavy (non-hydrogen) atoms. The van der Waals surface area contributed by atoms with Gasteiger partial charge in [0, 0.05) is 6.42 Å². The molecule has 3 heteroatoms. The lowest BCUT2D eigenvalue weighted by Gasteiger charge is -2.10. The van der Waals surface area contributed by atoms with Gasteiger partial charge < -0.3 is 5.73 Å². The quantitative estimate of drug-likeness (QED) is 0.769. The molecule has 0 bridgehead atoms. The van der Waals surface area contributed by atoms with Crippen LogP contribution in [-0.2, 0) is 0 Å². The van der Waals surface area contributed by atoms with Crippen molar-refractivity contribution in [1.29, 1.82) is 5.26 Å². The molecule has 0 fully saturated rings. The van der Waals surface area contributed by atoms with E-state index in [1.165, 1.54) is 0 Å². The van der Waals surface area contributed by atoms with Gasteiger partial charge in [0.05, 0.1) is 16.6 Å². The molecule has 0 aliphatic carbocycles. The van der Waals surface area contributed by atoms with E-state index in [0.29, 0.717) is 22.9 Å². The van der Waals surface area contributed by atoms with Gasteiger partial charge in [0.2, 0.25) is 0 Å². The van der Waals surface area contributed by atoms with Crippen LogP contribution in [0.5, 0.6) is 0 Å². The average molecular weight is 204 g/mol. The molecule has 0 spiro atoms. The molecule has 0 heterocycles. The molecule has 1 rings (SSSR count). The minimum Gasteiger partial charge on any atom is -0.393 e. The van der Waals surface area contributed by atoms with E-state index >= 15 is 0 Å². The molecule has 0 aromatic heterocycles. The Labute approximate surface area is 89.3 Å². The summed E-state index contributed by atoms with van der Waals surface area (Å²) in [6.45, 7) is 2.07. The molecule has 2 N–H and O–H groups in total. The van der Waals surface area contributed by atoms with Crippen molar-refractivity contribution in [2.75, 3.05) is 0 Å². The van der Waals surface area contributed by atoms with Crippen LogP contribution in [0.1, 0.15) is 30.4 Å². The van der Waals surface area contributed by atoms with Crippen LogP contribution >= 0.6 is 12.2 Å². The summed E-state index contributed by atoms with van der Waals surface area (Å²) in [7, 11) is 0. The molecule has 1 atom stereocenters. The molecule has 2 nitrogen and oxygen atoms in total. The highest BCUT2D eigenvalue weighted by Crippen LogP contribution is 2.19. The maximum atomic E-state index is 8.62. The zero-order valence-corrected chi connectivity index (χ0v) is 8.84. The summed E-state index contributed by atoms with van der Waals surface area (Å²) >= 11 is 4.85. The van der Waals surface area contributed by atoms with E-state index in [2.05, 4.69) is 13.0 Å². The second-order valence-corrected chi connectivity index (χ2v) is 3.83. The Balaban J connectivity index is 2.77. The summed E-state index contributed by atoms with van der Waals surface area (Å²) in [6, 6.07) is 9.60. The van der Waals surface area contributed by atoms with E-state index in [1.54, 1.807) is 0 Å². The Kier molecular flexibility index (Phi) is 3.61. The highest BCUT2D eigenvalue weighted by Gasteiger charge is 2.06. The van der Waals surface area contributed by atoms with Crippen molar-refractivity contribution in [1.82, 2.24) is 0 Å². The molecule has 0 radical (unpaired) electrons. The Morgan fingerprint density at radius 2 is 2.07 bits per heavy atom. The largest absolute Gasteiger partial charge is 0.393 e. The van der Waals surface area contributed by atoms with Gasteiger partial charge in [-0.15, -0.1) is 0 Å². The SMILES string of the molecule is CC(CC(N)=S)c1ccc(C#N)cc1. The highest BCUT2D eigenvalue weighted by atomic mass is 32.1. The fourth-order valence-electron chi connectivity index (χ4n) is 1.31. The fourth-order valence-corrected chi connectivity index (χ4v) is 1.56. The molecule has 1 aromatic carbocycles. The molecule has 0 amide bonds. The van der Waals surface area contributed by atoms with E-state index in [9.17, 15) is 0 Å². The number of nitriles is 1. The summed E-state index contributed by atoms with van der Waals surface area (Å²) in [6.07, 6.45) is 0.710. The number of nitrogens with zero attached hydrogens (tertiary/aromatic N) is 1. The topological polar surface area (TPSA) is 49.8 Å². The highest BCUT2D eigenvalue weighted by molar-refractivity contribution is 7.80. The van der Waals surface area contributed by atoms with E-state index < -0.39 is 0 Å². The van der Waals surface area contributed by atoms with Crippen LogP contribution in [0.2, 0.25) is 0 Å². The summed E-state index contributed by atoms with van der Waals surface area (Å²) in [5.41, 5.74) is 7.31. The molecule has 0 saturated carbocycles. The predicted molar refractivity (Wildman–Crippen MR) is 61.0 cm³/mol. The van der Waals surface area contributed by atoms with Crippen molar-refractivity contribution in [2.45, 2.75) is 19.3 Å². The maximum absolute atomic E-state index is 8.62. The van der Waals surface area contributed by atoms with Crippen LogP contribution in [0, 0.1) is 11.3 Å². The Bertz CT molecular complexity index is 362. The van der Waals surface area contributed by atoms with Crippen molar-refractivity contribution in [3.63, 3.8) is 0 Å². The second-order valence-electron chi connectivity index (χ2n) is 3.31. The summed E-state index contributed by atoms with van der Waals surface area (Å²) in [4.78, 5) is 0.529. The first-order valence-electron chi connectivity index (χ1n) is 4.42. The number of rotatable bonds is 3. The molecule has 0 saturated heterocycles. The van der Waals surface area contributed by atoms with Crippen molar-refractivity contribution in [2.24, 2.45) is 5.73 Å². The zero-order valence-electron chi connectivity index (χ0n) is 8.03. The monoisotopic (exact) mass is 204 g/mol. The van der Waals surface area contributed by atoms with Gasteiger partial charge in [0.1, 0.15) is 0 Å². The zero-order chi connectivity index (χ0) is 10.6. The van der Waals surface area contributed by atoms with Gasteiger partial charge in [-0.05, 0) is 23.6 Å². The van der Waals surface area contributed by atoms with Crippen molar-refractivity contribution >= 4 is 17.2 Å². The number of hydrogen-bond acceptors (Lipinski definition) is 2. The summed E-state index contributed by atoms with van der Waals surface area (Å²) in [5.74, 6) is 0.320. The average Bonchev–Trinajstić information content (AvgIpc) is 2.17. The lowest BCUT2D eigenvalue weighted by molar-refractivity contribution is 0.807. The normalized spacial score (nSPS) is 11.7. The van der Waals surface area contributed by atoms with Crippen molar-refractivity contribution < 1.29 is 0 Å². The van der Waals surface area contributed by atoms with Crippen LogP contribution in [0.15, 0.2) is 24.3 Å². The van der Waals surface area contributed by atoms with Gasteiger partial charge >= 0.3 is 0 Å². The third-order valence-electron chi connectivity index (χ3n) is 2.12. The Morgan fingerprint density at radius 3 is 2.50 bits per heavy atom. The van der Waals surface area contributed by atoms with Gasteiger partial charge in [-0.25, -0.2) is 0 Å². The fraction of sp³-hybridized carbons (Fsp3) is 0.273. The lowest BCUT2D eigenvalue weighted by atomic mass is 9.97. The third kappa shape index (κ3) is 2.82. The first kappa shape index (κ1) is 10.7. The molecule has 72 valence electrons. The van der Waals surface area contributed by atoms with E-state index in [-0.39, 0.29) is 0 Å². The second kappa shape index (κ2) is 4.73. The molecule has 0 aliphatic heterocycles. The van der Waals surface area contributed by atoms with E-state index in [1.807, 2.05) is 24.3 Å². The molecule has 1 unspecified atom stereocenters. The molecule has 0 aliphatic rings. The van der Waals surface area contributed by atoms with Crippen LogP contribution in [0.25, 0.3) is 0 Å². The molecular formula is C11H12N2S. The summed E-state index contributed by atoms with van der Waals surface area (Å²) in [5, 5.41) is 8.62. The van der Waals surface area contributed by atoms with Crippen LogP contribution in [0.4, 0.5) is 0 Å². The smallest absolute Gasteiger partial charge is 0.0991 e. The number of nitrogens with two attached hydrogens (primary N) is 1. The number of benzene rings is 1. The van der Waals surface area contributed by atoms with E-state index in [4.69, 9.17) is 23.2 Å². The Hall–Kier alpha value is -1.40. The Morgan fingerprint density at radius 1 is 1.50 bits per heavy atom. The van der Waals surface area contributed by atoms with E-state index in [0.717, 1.165) is 5.56 Å². The maximum Gasteiger partial charge on any atom is 0.0991 e. The number of hydrogen-bond donors (Lipinski definition) is 1. The number of thiocarbonyl (C=S) groups is 1. The predicted octanol–water partition coefficient (Wildman–Crippen LogP) is 2.34. The van der Waals surface area contributed by atoms with Gasteiger partial charge in [-0.2, -0.15) is 5.26 Å². The third-order valence-corrected chi connectivity index (χ3v) is 2.28. The minimum absolute atomic E-state index is 0.320. The van der Waals surface area contributed by atoms with Crippen LogP contribution < -0.4 is 5.73 Å². The van der Waals surface area contributed by atoms with Gasteiger partial charge in [0.25, 0.3) is 0 Å². The van der Waals surface area contributed by atoms with Crippen molar-refractivity contribution in [3.8, 4) is 6.07 Å². The van der Waals surface area contributed by atoms with Gasteiger partial charge in [-0.3, -0.25) is 0 Å². The van der Waals surface area contributed by atoms with Crippen LogP contribution in [-0.4, -0.2) is 4.99 Å². The van der Waals surface area contributed by atoms with Crippen molar-refractivity contribution in [3.05, 3.63) is 35.4 Å². The molecular weight excluding hydrogens is 192 g/mol.